The van der Waals surface area contributed by atoms with Crippen molar-refractivity contribution >= 4 is 17.5 Å². The summed E-state index contributed by atoms with van der Waals surface area (Å²) in [5.74, 6) is 1.44. The number of nitrogens with one attached hydrogen (secondary N) is 1. The van der Waals surface area contributed by atoms with Crippen LogP contribution in [0.5, 0.6) is 0 Å². The Balaban J connectivity index is 1.73. The van der Waals surface area contributed by atoms with Gasteiger partial charge in [0.1, 0.15) is 17.7 Å². The Morgan fingerprint density at radius 3 is 2.50 bits per heavy atom. The summed E-state index contributed by atoms with van der Waals surface area (Å²) in [6.07, 6.45) is 5.43. The van der Waals surface area contributed by atoms with Crippen molar-refractivity contribution in [2.75, 3.05) is 16.8 Å². The zero-order valence-corrected chi connectivity index (χ0v) is 12.9. The van der Waals surface area contributed by atoms with Gasteiger partial charge in [-0.3, -0.25) is 4.79 Å². The van der Waals surface area contributed by atoms with Gasteiger partial charge in [0.25, 0.3) is 0 Å². The molecule has 1 unspecified atom stereocenters. The van der Waals surface area contributed by atoms with E-state index < -0.39 is 0 Å². The van der Waals surface area contributed by atoms with Gasteiger partial charge in [0.15, 0.2) is 0 Å². The van der Waals surface area contributed by atoms with Crippen molar-refractivity contribution in [1.82, 2.24) is 9.97 Å². The molecule has 0 radical (unpaired) electrons. The second kappa shape index (κ2) is 6.13. The van der Waals surface area contributed by atoms with Crippen LogP contribution in [-0.4, -0.2) is 28.5 Å². The van der Waals surface area contributed by atoms with Crippen LogP contribution < -0.4 is 10.2 Å². The third-order valence-corrected chi connectivity index (χ3v) is 3.91. The number of pyridine rings is 2. The normalized spacial score (nSPS) is 17.5. The molecule has 1 aliphatic heterocycles. The molecule has 1 saturated heterocycles. The zero-order valence-electron chi connectivity index (χ0n) is 12.9. The molecule has 5 nitrogen and oxygen atoms in total. The Morgan fingerprint density at radius 2 is 1.86 bits per heavy atom. The summed E-state index contributed by atoms with van der Waals surface area (Å²) in [4.78, 5) is 23.3. The van der Waals surface area contributed by atoms with Gasteiger partial charge in [0, 0.05) is 18.9 Å². The van der Waals surface area contributed by atoms with Crippen LogP contribution in [0.3, 0.4) is 0 Å². The summed E-state index contributed by atoms with van der Waals surface area (Å²) >= 11 is 0. The van der Waals surface area contributed by atoms with Crippen molar-refractivity contribution in [2.45, 2.75) is 32.7 Å². The molecular formula is C17H20N4O. The number of aromatic nitrogens is 2. The number of hydrogen-bond donors (Lipinski definition) is 1. The SMILES string of the molecule is Cc1ccc(NC(=O)C2CCCN2c2ccc(C)cn2)nc1. The van der Waals surface area contributed by atoms with Gasteiger partial charge in [-0.05, 0) is 49.9 Å². The molecule has 1 atom stereocenters. The van der Waals surface area contributed by atoms with Crippen molar-refractivity contribution < 1.29 is 4.79 Å². The third kappa shape index (κ3) is 3.08. The molecule has 0 spiro atoms. The number of anilines is 2. The largest absolute Gasteiger partial charge is 0.345 e. The van der Waals surface area contributed by atoms with E-state index in [0.29, 0.717) is 5.82 Å². The Morgan fingerprint density at radius 1 is 1.14 bits per heavy atom. The van der Waals surface area contributed by atoms with E-state index in [-0.39, 0.29) is 11.9 Å². The maximum atomic E-state index is 12.5. The van der Waals surface area contributed by atoms with Crippen molar-refractivity contribution in [2.24, 2.45) is 0 Å². The molecule has 1 N–H and O–H groups in total. The molecule has 3 heterocycles. The van der Waals surface area contributed by atoms with Crippen molar-refractivity contribution in [1.29, 1.82) is 0 Å². The smallest absolute Gasteiger partial charge is 0.248 e. The van der Waals surface area contributed by atoms with E-state index in [1.54, 1.807) is 6.20 Å². The van der Waals surface area contributed by atoms with E-state index in [9.17, 15) is 4.79 Å². The van der Waals surface area contributed by atoms with Crippen molar-refractivity contribution in [3.8, 4) is 0 Å². The molecule has 0 aliphatic carbocycles. The van der Waals surface area contributed by atoms with Crippen molar-refractivity contribution in [3.05, 3.63) is 47.8 Å². The quantitative estimate of drug-likeness (QED) is 0.946. The highest BCUT2D eigenvalue weighted by Gasteiger charge is 2.31. The number of carbonyl (C=O) groups is 1. The number of amides is 1. The lowest BCUT2D eigenvalue weighted by atomic mass is 10.2. The number of carbonyl (C=O) groups excluding carboxylic acids is 1. The van der Waals surface area contributed by atoms with E-state index in [1.165, 1.54) is 0 Å². The summed E-state index contributed by atoms with van der Waals surface area (Å²) in [5, 5.41) is 2.90. The van der Waals surface area contributed by atoms with E-state index in [1.807, 2.05) is 44.3 Å². The molecule has 114 valence electrons. The van der Waals surface area contributed by atoms with Gasteiger partial charge in [-0.15, -0.1) is 0 Å². The van der Waals surface area contributed by atoms with E-state index in [2.05, 4.69) is 20.2 Å². The zero-order chi connectivity index (χ0) is 15.5. The average molecular weight is 296 g/mol. The highest BCUT2D eigenvalue weighted by molar-refractivity contribution is 5.96. The lowest BCUT2D eigenvalue weighted by Gasteiger charge is -2.24. The van der Waals surface area contributed by atoms with Gasteiger partial charge in [-0.1, -0.05) is 12.1 Å². The van der Waals surface area contributed by atoms with Gasteiger partial charge in [0.2, 0.25) is 5.91 Å². The average Bonchev–Trinajstić information content (AvgIpc) is 3.00. The van der Waals surface area contributed by atoms with Crippen LogP contribution in [0.2, 0.25) is 0 Å². The first kappa shape index (κ1) is 14.5. The molecular weight excluding hydrogens is 276 g/mol. The highest BCUT2D eigenvalue weighted by Crippen LogP contribution is 2.24. The molecule has 22 heavy (non-hydrogen) atoms. The highest BCUT2D eigenvalue weighted by atomic mass is 16.2. The van der Waals surface area contributed by atoms with Gasteiger partial charge >= 0.3 is 0 Å². The maximum Gasteiger partial charge on any atom is 0.248 e. The van der Waals surface area contributed by atoms with Crippen LogP contribution in [0.15, 0.2) is 36.7 Å². The summed E-state index contributed by atoms with van der Waals surface area (Å²) in [5.41, 5.74) is 2.19. The number of aryl methyl sites for hydroxylation is 2. The second-order valence-corrected chi connectivity index (χ2v) is 5.76. The Kier molecular flexibility index (Phi) is 4.04. The van der Waals surface area contributed by atoms with E-state index in [0.717, 1.165) is 36.3 Å². The summed E-state index contributed by atoms with van der Waals surface area (Å²) in [7, 11) is 0. The minimum atomic E-state index is -0.182. The topological polar surface area (TPSA) is 58.1 Å². The number of rotatable bonds is 3. The fourth-order valence-corrected chi connectivity index (χ4v) is 2.69. The summed E-state index contributed by atoms with van der Waals surface area (Å²) < 4.78 is 0. The number of nitrogens with zero attached hydrogens (tertiary/aromatic N) is 3. The van der Waals surface area contributed by atoms with Crippen LogP contribution in [0, 0.1) is 13.8 Å². The van der Waals surface area contributed by atoms with Gasteiger partial charge in [0.05, 0.1) is 0 Å². The molecule has 2 aromatic rings. The number of hydrogen-bond acceptors (Lipinski definition) is 4. The van der Waals surface area contributed by atoms with Gasteiger partial charge < -0.3 is 10.2 Å². The molecule has 2 aromatic heterocycles. The summed E-state index contributed by atoms with van der Waals surface area (Å²) in [6, 6.07) is 7.59. The predicted octanol–water partition coefficient (Wildman–Crippen LogP) is 2.70. The molecule has 3 rings (SSSR count). The van der Waals surface area contributed by atoms with Crippen LogP contribution in [0.4, 0.5) is 11.6 Å². The van der Waals surface area contributed by atoms with Crippen LogP contribution in [0.25, 0.3) is 0 Å². The fraction of sp³-hybridized carbons (Fsp3) is 0.353. The first-order valence-electron chi connectivity index (χ1n) is 7.56. The lowest BCUT2D eigenvalue weighted by Crippen LogP contribution is -2.40. The minimum Gasteiger partial charge on any atom is -0.345 e. The predicted molar refractivity (Wildman–Crippen MR) is 86.9 cm³/mol. The Bertz CT molecular complexity index is 651. The van der Waals surface area contributed by atoms with Gasteiger partial charge in [-0.2, -0.15) is 0 Å². The first-order chi connectivity index (χ1) is 10.6. The van der Waals surface area contributed by atoms with Crippen LogP contribution in [-0.2, 0) is 4.79 Å². The Hall–Kier alpha value is -2.43. The molecule has 1 aliphatic rings. The Labute approximate surface area is 130 Å². The monoisotopic (exact) mass is 296 g/mol. The standard InChI is InChI=1S/C17H20N4O/c1-12-5-7-15(18-10-12)20-17(22)14-4-3-9-21(14)16-8-6-13(2)11-19-16/h5-8,10-11,14H,3-4,9H2,1-2H3,(H,18,20,22). The fourth-order valence-electron chi connectivity index (χ4n) is 2.69. The molecule has 0 bridgehead atoms. The molecule has 0 saturated carbocycles. The molecule has 0 aromatic carbocycles. The maximum absolute atomic E-state index is 12.5. The van der Waals surface area contributed by atoms with Crippen molar-refractivity contribution in [3.63, 3.8) is 0 Å². The second-order valence-electron chi connectivity index (χ2n) is 5.76. The van der Waals surface area contributed by atoms with Crippen LogP contribution in [0.1, 0.15) is 24.0 Å². The van der Waals surface area contributed by atoms with E-state index in [4.69, 9.17) is 0 Å². The van der Waals surface area contributed by atoms with Gasteiger partial charge in [-0.25, -0.2) is 9.97 Å². The van der Waals surface area contributed by atoms with Crippen LogP contribution >= 0.6 is 0 Å². The molecule has 5 heteroatoms. The first-order valence-corrected chi connectivity index (χ1v) is 7.56. The lowest BCUT2D eigenvalue weighted by molar-refractivity contribution is -0.117. The summed E-state index contributed by atoms with van der Waals surface area (Å²) in [6.45, 7) is 4.84. The molecule has 1 fully saturated rings. The molecule has 1 amide bonds. The minimum absolute atomic E-state index is 0.0174. The third-order valence-electron chi connectivity index (χ3n) is 3.91. The van der Waals surface area contributed by atoms with E-state index >= 15 is 0 Å².